The second-order valence-corrected chi connectivity index (χ2v) is 6.10. The molecule has 1 heterocycles. The van der Waals surface area contributed by atoms with Crippen molar-refractivity contribution in [3.8, 4) is 12.3 Å². The molecule has 21 heavy (non-hydrogen) atoms. The lowest BCUT2D eigenvalue weighted by Crippen LogP contribution is -2.12. The van der Waals surface area contributed by atoms with Gasteiger partial charge in [-0.2, -0.15) is 0 Å². The van der Waals surface area contributed by atoms with Gasteiger partial charge in [0.2, 0.25) is 0 Å². The molecule has 1 unspecified atom stereocenters. The van der Waals surface area contributed by atoms with E-state index in [-0.39, 0.29) is 11.7 Å². The molecular weight excluding hydrogens is 278 g/mol. The lowest BCUT2D eigenvalue weighted by Gasteiger charge is -2.08. The van der Waals surface area contributed by atoms with Gasteiger partial charge in [-0.3, -0.25) is 4.79 Å². The summed E-state index contributed by atoms with van der Waals surface area (Å²) in [6, 6.07) is 10.1. The smallest absolute Gasteiger partial charge is 0.167 e. The Morgan fingerprint density at radius 3 is 2.81 bits per heavy atom. The van der Waals surface area contributed by atoms with Crippen LogP contribution in [0.1, 0.15) is 29.6 Å². The molecule has 0 amide bonds. The van der Waals surface area contributed by atoms with E-state index in [0.29, 0.717) is 5.01 Å². The van der Waals surface area contributed by atoms with Crippen LogP contribution in [0.5, 0.6) is 0 Å². The van der Waals surface area contributed by atoms with E-state index in [1.54, 1.807) is 0 Å². The van der Waals surface area contributed by atoms with Crippen LogP contribution in [0.25, 0.3) is 5.57 Å². The van der Waals surface area contributed by atoms with Crippen LogP contribution in [0.15, 0.2) is 41.3 Å². The SMILES string of the molecule is C#Cc1nc(C2=C(C)C(=O)C(Cc3ccccc3)C2)cs1. The predicted molar refractivity (Wildman–Crippen MR) is 85.9 cm³/mol. The van der Waals surface area contributed by atoms with Gasteiger partial charge in [0.15, 0.2) is 10.8 Å². The fourth-order valence-electron chi connectivity index (χ4n) is 2.79. The second-order valence-electron chi connectivity index (χ2n) is 5.24. The van der Waals surface area contributed by atoms with E-state index < -0.39 is 0 Å². The highest BCUT2D eigenvalue weighted by molar-refractivity contribution is 7.10. The van der Waals surface area contributed by atoms with E-state index in [2.05, 4.69) is 23.0 Å². The summed E-state index contributed by atoms with van der Waals surface area (Å²) in [5.74, 6) is 2.81. The standard InChI is InChI=1S/C18H15NOS/c1-3-17-19-16(11-21-17)15-10-14(18(20)12(15)2)9-13-7-5-4-6-8-13/h1,4-8,11,14H,9-10H2,2H3. The number of carbonyl (C=O) groups is 1. The average Bonchev–Trinajstić information content (AvgIpc) is 3.08. The fraction of sp³-hybridized carbons (Fsp3) is 0.222. The van der Waals surface area contributed by atoms with E-state index in [0.717, 1.165) is 29.7 Å². The van der Waals surface area contributed by atoms with Crippen molar-refractivity contribution in [1.29, 1.82) is 0 Å². The summed E-state index contributed by atoms with van der Waals surface area (Å²) in [4.78, 5) is 16.9. The van der Waals surface area contributed by atoms with Crippen molar-refractivity contribution in [2.45, 2.75) is 19.8 Å². The summed E-state index contributed by atoms with van der Waals surface area (Å²) >= 11 is 1.45. The van der Waals surface area contributed by atoms with E-state index in [9.17, 15) is 4.79 Å². The summed E-state index contributed by atoms with van der Waals surface area (Å²) in [5.41, 5.74) is 3.96. The van der Waals surface area contributed by atoms with Crippen LogP contribution in [-0.2, 0) is 11.2 Å². The molecule has 0 bridgehead atoms. The second kappa shape index (κ2) is 5.67. The Morgan fingerprint density at radius 2 is 2.14 bits per heavy atom. The maximum Gasteiger partial charge on any atom is 0.167 e. The van der Waals surface area contributed by atoms with E-state index in [1.165, 1.54) is 16.9 Å². The minimum atomic E-state index is 0.0263. The van der Waals surface area contributed by atoms with Gasteiger partial charge in [-0.25, -0.2) is 4.98 Å². The lowest BCUT2D eigenvalue weighted by molar-refractivity contribution is -0.118. The molecular formula is C18H15NOS. The van der Waals surface area contributed by atoms with E-state index >= 15 is 0 Å². The van der Waals surface area contributed by atoms with Crippen LogP contribution in [0.2, 0.25) is 0 Å². The molecule has 2 nitrogen and oxygen atoms in total. The van der Waals surface area contributed by atoms with E-state index in [4.69, 9.17) is 6.42 Å². The molecule has 1 aromatic carbocycles. The van der Waals surface area contributed by atoms with Gasteiger partial charge in [0.25, 0.3) is 0 Å². The van der Waals surface area contributed by atoms with Gasteiger partial charge >= 0.3 is 0 Å². The largest absolute Gasteiger partial charge is 0.294 e. The van der Waals surface area contributed by atoms with Crippen LogP contribution in [0.3, 0.4) is 0 Å². The van der Waals surface area contributed by atoms with Crippen LogP contribution in [-0.4, -0.2) is 10.8 Å². The fourth-order valence-corrected chi connectivity index (χ4v) is 3.42. The van der Waals surface area contributed by atoms with Crippen molar-refractivity contribution in [2.24, 2.45) is 5.92 Å². The monoisotopic (exact) mass is 293 g/mol. The predicted octanol–water partition coefficient (Wildman–Crippen LogP) is 3.73. The van der Waals surface area contributed by atoms with Crippen molar-refractivity contribution in [3.63, 3.8) is 0 Å². The molecule has 104 valence electrons. The zero-order valence-corrected chi connectivity index (χ0v) is 12.6. The molecule has 1 aromatic heterocycles. The molecule has 0 fully saturated rings. The Labute approximate surface area is 128 Å². The van der Waals surface area contributed by atoms with Gasteiger partial charge in [-0.05, 0) is 42.4 Å². The number of rotatable bonds is 3. The van der Waals surface area contributed by atoms with Crippen LogP contribution < -0.4 is 0 Å². The van der Waals surface area contributed by atoms with Gasteiger partial charge in [-0.1, -0.05) is 30.3 Å². The Morgan fingerprint density at radius 1 is 1.38 bits per heavy atom. The van der Waals surface area contributed by atoms with Crippen molar-refractivity contribution < 1.29 is 4.79 Å². The number of thiazole rings is 1. The molecule has 3 heteroatoms. The number of benzene rings is 1. The molecule has 1 aliphatic carbocycles. The van der Waals surface area contributed by atoms with Crippen molar-refractivity contribution >= 4 is 22.7 Å². The Balaban J connectivity index is 1.82. The molecule has 2 aromatic rings. The number of hydrogen-bond acceptors (Lipinski definition) is 3. The third-order valence-electron chi connectivity index (χ3n) is 3.91. The first kappa shape index (κ1) is 13.8. The molecule has 0 aliphatic heterocycles. The first-order valence-electron chi connectivity index (χ1n) is 6.89. The summed E-state index contributed by atoms with van der Waals surface area (Å²) in [6.07, 6.45) is 6.91. The Kier molecular flexibility index (Phi) is 3.72. The van der Waals surface area contributed by atoms with Gasteiger partial charge < -0.3 is 0 Å². The molecule has 0 saturated heterocycles. The maximum absolute atomic E-state index is 12.4. The molecule has 0 radical (unpaired) electrons. The van der Waals surface area contributed by atoms with Gasteiger partial charge in [0.05, 0.1) is 5.69 Å². The summed E-state index contributed by atoms with van der Waals surface area (Å²) in [7, 11) is 0. The third-order valence-corrected chi connectivity index (χ3v) is 4.68. The number of terminal acetylenes is 1. The zero-order valence-electron chi connectivity index (χ0n) is 11.8. The van der Waals surface area contributed by atoms with Crippen molar-refractivity contribution in [2.75, 3.05) is 0 Å². The number of carbonyl (C=O) groups excluding carboxylic acids is 1. The highest BCUT2D eigenvalue weighted by atomic mass is 32.1. The molecule has 0 saturated carbocycles. The number of ketones is 1. The number of aromatic nitrogens is 1. The van der Waals surface area contributed by atoms with Gasteiger partial charge in [-0.15, -0.1) is 17.8 Å². The first-order chi connectivity index (χ1) is 10.2. The highest BCUT2D eigenvalue weighted by Crippen LogP contribution is 2.37. The quantitative estimate of drug-likeness (QED) is 0.807. The lowest BCUT2D eigenvalue weighted by atomic mass is 9.94. The average molecular weight is 293 g/mol. The first-order valence-corrected chi connectivity index (χ1v) is 7.77. The van der Waals surface area contributed by atoms with E-state index in [1.807, 2.05) is 30.5 Å². The number of hydrogen-bond donors (Lipinski definition) is 0. The Bertz CT molecular complexity index is 749. The number of Topliss-reactive ketones (excluding diaryl/α,β-unsaturated/α-hetero) is 1. The minimum absolute atomic E-state index is 0.0263. The normalized spacial score (nSPS) is 18.1. The molecule has 3 rings (SSSR count). The van der Waals surface area contributed by atoms with Crippen LogP contribution in [0, 0.1) is 18.3 Å². The topological polar surface area (TPSA) is 30.0 Å². The maximum atomic E-state index is 12.4. The van der Waals surface area contributed by atoms with Gasteiger partial charge in [0.1, 0.15) is 0 Å². The Hall–Kier alpha value is -2.18. The van der Waals surface area contributed by atoms with Crippen LogP contribution in [0.4, 0.5) is 0 Å². The highest BCUT2D eigenvalue weighted by Gasteiger charge is 2.31. The van der Waals surface area contributed by atoms with Gasteiger partial charge in [0, 0.05) is 11.3 Å². The number of nitrogens with zero attached hydrogens (tertiary/aromatic N) is 1. The number of allylic oxidation sites excluding steroid dienone is 2. The summed E-state index contributed by atoms with van der Waals surface area (Å²) in [6.45, 7) is 1.90. The minimum Gasteiger partial charge on any atom is -0.294 e. The zero-order chi connectivity index (χ0) is 14.8. The summed E-state index contributed by atoms with van der Waals surface area (Å²) < 4.78 is 0. The van der Waals surface area contributed by atoms with Crippen LogP contribution >= 0.6 is 11.3 Å². The summed E-state index contributed by atoms with van der Waals surface area (Å²) in [5, 5.41) is 2.62. The molecule has 1 atom stereocenters. The molecule has 1 aliphatic rings. The van der Waals surface area contributed by atoms with Crippen molar-refractivity contribution in [3.05, 3.63) is 57.6 Å². The van der Waals surface area contributed by atoms with Crippen molar-refractivity contribution in [1.82, 2.24) is 4.98 Å². The molecule has 0 spiro atoms. The third kappa shape index (κ3) is 2.68. The molecule has 0 N–H and O–H groups in total.